The lowest BCUT2D eigenvalue weighted by Gasteiger charge is -2.31. The maximum atomic E-state index is 13.3. The molecule has 0 radical (unpaired) electrons. The van der Waals surface area contributed by atoms with Crippen molar-refractivity contribution in [2.75, 3.05) is 59.2 Å². The third-order valence-corrected chi connectivity index (χ3v) is 6.60. The van der Waals surface area contributed by atoms with Crippen molar-refractivity contribution in [2.45, 2.75) is 13.0 Å². The van der Waals surface area contributed by atoms with Crippen molar-refractivity contribution in [3.63, 3.8) is 0 Å². The molecule has 3 aliphatic heterocycles. The lowest BCUT2D eigenvalue weighted by Crippen LogP contribution is -2.42. The highest BCUT2D eigenvalue weighted by molar-refractivity contribution is 6.46. The van der Waals surface area contributed by atoms with Crippen LogP contribution in [0, 0.1) is 0 Å². The third kappa shape index (κ3) is 4.76. The third-order valence-electron chi connectivity index (χ3n) is 6.60. The van der Waals surface area contributed by atoms with Crippen LogP contribution in [0.25, 0.3) is 5.76 Å². The van der Waals surface area contributed by atoms with Crippen molar-refractivity contribution >= 4 is 17.4 Å². The molecule has 9 heteroatoms. The molecule has 0 spiro atoms. The van der Waals surface area contributed by atoms with Gasteiger partial charge in [0.15, 0.2) is 11.5 Å². The summed E-state index contributed by atoms with van der Waals surface area (Å²) < 4.78 is 22.3. The molecule has 0 bridgehead atoms. The number of carbonyl (C=O) groups excluding carboxylic acids is 2. The fraction of sp³-hybridized carbons (Fsp3) is 0.407. The minimum Gasteiger partial charge on any atom is -0.507 e. The summed E-state index contributed by atoms with van der Waals surface area (Å²) in [4.78, 5) is 30.4. The van der Waals surface area contributed by atoms with E-state index in [0.29, 0.717) is 74.5 Å². The number of morpholine rings is 1. The SMILES string of the molecule is CCOc1cccc(C2/C(=C(\O)c3ccc4c(c3)OCCO4)C(=O)C(=O)N2CCN2CCOCC2)c1. The summed E-state index contributed by atoms with van der Waals surface area (Å²) in [5.74, 6) is 0.107. The van der Waals surface area contributed by atoms with Gasteiger partial charge in [-0.3, -0.25) is 14.5 Å². The van der Waals surface area contributed by atoms with Crippen molar-refractivity contribution in [2.24, 2.45) is 0 Å². The van der Waals surface area contributed by atoms with Gasteiger partial charge in [-0.25, -0.2) is 0 Å². The summed E-state index contributed by atoms with van der Waals surface area (Å²) in [5.41, 5.74) is 1.13. The van der Waals surface area contributed by atoms with Gasteiger partial charge in [-0.15, -0.1) is 0 Å². The van der Waals surface area contributed by atoms with Gasteiger partial charge in [-0.05, 0) is 42.8 Å². The van der Waals surface area contributed by atoms with E-state index in [2.05, 4.69) is 4.90 Å². The zero-order valence-electron chi connectivity index (χ0n) is 20.3. The molecule has 2 aromatic rings. The van der Waals surface area contributed by atoms with E-state index in [1.807, 2.05) is 31.2 Å². The maximum Gasteiger partial charge on any atom is 0.295 e. The summed E-state index contributed by atoms with van der Waals surface area (Å²) in [6, 6.07) is 11.6. The Bertz CT molecular complexity index is 1170. The topological polar surface area (TPSA) is 97.8 Å². The number of nitrogens with zero attached hydrogens (tertiary/aromatic N) is 2. The number of benzene rings is 2. The van der Waals surface area contributed by atoms with Gasteiger partial charge in [0.1, 0.15) is 24.7 Å². The molecular weight excluding hydrogens is 464 g/mol. The Labute approximate surface area is 209 Å². The van der Waals surface area contributed by atoms with Gasteiger partial charge in [0.2, 0.25) is 0 Å². The van der Waals surface area contributed by atoms with Gasteiger partial charge in [-0.1, -0.05) is 12.1 Å². The van der Waals surface area contributed by atoms with Crippen LogP contribution in [0.2, 0.25) is 0 Å². The molecule has 0 aliphatic carbocycles. The number of hydrogen-bond acceptors (Lipinski definition) is 8. The molecule has 2 aromatic carbocycles. The average Bonchev–Trinajstić information content (AvgIpc) is 3.17. The highest BCUT2D eigenvalue weighted by Crippen LogP contribution is 2.41. The van der Waals surface area contributed by atoms with E-state index in [0.717, 1.165) is 13.1 Å². The number of Topliss-reactive ketones (excluding diaryl/α,β-unsaturated/α-hetero) is 1. The van der Waals surface area contributed by atoms with Crippen LogP contribution < -0.4 is 14.2 Å². The van der Waals surface area contributed by atoms with E-state index in [9.17, 15) is 14.7 Å². The second kappa shape index (κ2) is 10.6. The van der Waals surface area contributed by atoms with Crippen LogP contribution in [-0.4, -0.2) is 85.8 Å². The number of aliphatic hydroxyl groups excluding tert-OH is 1. The summed E-state index contributed by atoms with van der Waals surface area (Å²) >= 11 is 0. The fourth-order valence-corrected chi connectivity index (χ4v) is 4.82. The van der Waals surface area contributed by atoms with Gasteiger partial charge in [0.05, 0.1) is 31.4 Å². The van der Waals surface area contributed by atoms with Crippen molar-refractivity contribution in [1.29, 1.82) is 0 Å². The summed E-state index contributed by atoms with van der Waals surface area (Å²) in [6.07, 6.45) is 0. The zero-order valence-corrected chi connectivity index (χ0v) is 20.3. The highest BCUT2D eigenvalue weighted by atomic mass is 16.6. The molecule has 190 valence electrons. The van der Waals surface area contributed by atoms with Crippen molar-refractivity contribution < 1.29 is 33.6 Å². The lowest BCUT2D eigenvalue weighted by molar-refractivity contribution is -0.140. The quantitative estimate of drug-likeness (QED) is 0.357. The average molecular weight is 495 g/mol. The van der Waals surface area contributed by atoms with E-state index in [-0.39, 0.29) is 11.3 Å². The van der Waals surface area contributed by atoms with Gasteiger partial charge >= 0.3 is 0 Å². The number of rotatable bonds is 7. The Kier molecular flexibility index (Phi) is 7.11. The number of ether oxygens (including phenoxy) is 4. The molecule has 1 N–H and O–H groups in total. The first-order valence-corrected chi connectivity index (χ1v) is 12.3. The van der Waals surface area contributed by atoms with Gasteiger partial charge in [0.25, 0.3) is 11.7 Å². The van der Waals surface area contributed by atoms with E-state index in [1.165, 1.54) is 0 Å². The molecule has 0 saturated carbocycles. The molecule has 1 unspecified atom stereocenters. The molecule has 3 aliphatic rings. The second-order valence-corrected chi connectivity index (χ2v) is 8.81. The van der Waals surface area contributed by atoms with E-state index >= 15 is 0 Å². The minimum atomic E-state index is -0.750. The molecule has 1 amide bonds. The summed E-state index contributed by atoms with van der Waals surface area (Å²) in [6.45, 7) is 6.98. The summed E-state index contributed by atoms with van der Waals surface area (Å²) in [7, 11) is 0. The smallest absolute Gasteiger partial charge is 0.295 e. The van der Waals surface area contributed by atoms with E-state index in [4.69, 9.17) is 18.9 Å². The molecule has 2 saturated heterocycles. The van der Waals surface area contributed by atoms with Crippen LogP contribution >= 0.6 is 0 Å². The van der Waals surface area contributed by atoms with Crippen molar-refractivity contribution in [3.05, 3.63) is 59.2 Å². The lowest BCUT2D eigenvalue weighted by atomic mass is 9.95. The fourth-order valence-electron chi connectivity index (χ4n) is 4.82. The van der Waals surface area contributed by atoms with Crippen LogP contribution in [0.3, 0.4) is 0 Å². The van der Waals surface area contributed by atoms with Crippen LogP contribution in [-0.2, 0) is 14.3 Å². The molecule has 9 nitrogen and oxygen atoms in total. The number of aliphatic hydroxyl groups is 1. The number of likely N-dealkylation sites (tertiary alicyclic amines) is 1. The Morgan fingerprint density at radius 3 is 2.56 bits per heavy atom. The molecular formula is C27H30N2O7. The molecule has 0 aromatic heterocycles. The Morgan fingerprint density at radius 2 is 1.78 bits per heavy atom. The predicted octanol–water partition coefficient (Wildman–Crippen LogP) is 2.61. The van der Waals surface area contributed by atoms with Crippen molar-refractivity contribution in [1.82, 2.24) is 9.80 Å². The number of hydrogen-bond donors (Lipinski definition) is 1. The summed E-state index contributed by atoms with van der Waals surface area (Å²) in [5, 5.41) is 11.4. The molecule has 36 heavy (non-hydrogen) atoms. The van der Waals surface area contributed by atoms with Gasteiger partial charge < -0.3 is 29.0 Å². The number of fused-ring (bicyclic) bond motifs is 1. The van der Waals surface area contributed by atoms with Crippen LogP contribution in [0.5, 0.6) is 17.2 Å². The number of ketones is 1. The largest absolute Gasteiger partial charge is 0.507 e. The van der Waals surface area contributed by atoms with Crippen LogP contribution in [0.15, 0.2) is 48.0 Å². The van der Waals surface area contributed by atoms with Crippen LogP contribution in [0.4, 0.5) is 0 Å². The maximum absolute atomic E-state index is 13.3. The van der Waals surface area contributed by atoms with E-state index < -0.39 is 17.7 Å². The Balaban J connectivity index is 1.54. The van der Waals surface area contributed by atoms with Gasteiger partial charge in [0, 0.05) is 31.7 Å². The predicted molar refractivity (Wildman–Crippen MR) is 131 cm³/mol. The molecule has 3 heterocycles. The molecule has 5 rings (SSSR count). The van der Waals surface area contributed by atoms with E-state index in [1.54, 1.807) is 23.1 Å². The number of carbonyl (C=O) groups is 2. The molecule has 2 fully saturated rings. The number of amides is 1. The second-order valence-electron chi connectivity index (χ2n) is 8.81. The van der Waals surface area contributed by atoms with Gasteiger partial charge in [-0.2, -0.15) is 0 Å². The van der Waals surface area contributed by atoms with Crippen LogP contribution in [0.1, 0.15) is 24.1 Å². The zero-order chi connectivity index (χ0) is 25.1. The highest BCUT2D eigenvalue weighted by Gasteiger charge is 2.46. The monoisotopic (exact) mass is 494 g/mol. The van der Waals surface area contributed by atoms with Crippen molar-refractivity contribution in [3.8, 4) is 17.2 Å². The normalized spacial score (nSPS) is 21.6. The Morgan fingerprint density at radius 1 is 1.00 bits per heavy atom. The Hall–Kier alpha value is -3.56. The first-order valence-electron chi connectivity index (χ1n) is 12.3. The first kappa shape index (κ1) is 24.1. The minimum absolute atomic E-state index is 0.0484. The first-order chi connectivity index (χ1) is 17.6. The molecule has 1 atom stereocenters. The standard InChI is InChI=1S/C27H30N2O7/c1-2-34-20-5-3-4-18(16-20)24-23(25(30)19-6-7-21-22(17-19)36-15-14-35-21)26(31)27(32)29(24)9-8-28-10-12-33-13-11-28/h3-7,16-17,24,30H,2,8-15H2,1H3/b25-23+.